The Bertz CT molecular complexity index is 330. The van der Waals surface area contributed by atoms with Gasteiger partial charge in [-0.15, -0.1) is 0 Å². The van der Waals surface area contributed by atoms with Crippen molar-refractivity contribution in [2.75, 3.05) is 12.4 Å². The van der Waals surface area contributed by atoms with Gasteiger partial charge < -0.3 is 4.74 Å². The van der Waals surface area contributed by atoms with Crippen molar-refractivity contribution in [1.29, 1.82) is 0 Å². The van der Waals surface area contributed by atoms with Crippen molar-refractivity contribution in [3.05, 3.63) is 29.3 Å². The summed E-state index contributed by atoms with van der Waals surface area (Å²) in [4.78, 5) is 0. The fourth-order valence-electron chi connectivity index (χ4n) is 1.84. The first-order valence-corrected chi connectivity index (χ1v) is 6.99. The molecule has 0 fully saturated rings. The first kappa shape index (κ1) is 13.6. The molecule has 1 atom stereocenters. The van der Waals surface area contributed by atoms with Crippen LogP contribution in [0.15, 0.2) is 18.2 Å². The normalized spacial score (nSPS) is 12.9. The lowest BCUT2D eigenvalue weighted by Crippen LogP contribution is -2.03. The molecule has 0 amide bonds. The molecule has 1 aromatic rings. The summed E-state index contributed by atoms with van der Waals surface area (Å²) in [5.41, 5.74) is 2.71. The minimum Gasteiger partial charge on any atom is -0.496 e. The highest BCUT2D eigenvalue weighted by Gasteiger charge is 2.14. The summed E-state index contributed by atoms with van der Waals surface area (Å²) in [6, 6.07) is 6.54. The Morgan fingerprint density at radius 1 is 1.31 bits per heavy atom. The highest BCUT2D eigenvalue weighted by atomic mass is 79.9. The van der Waals surface area contributed by atoms with Gasteiger partial charge in [-0.2, -0.15) is 0 Å². The molecule has 1 aromatic carbocycles. The van der Waals surface area contributed by atoms with Crippen molar-refractivity contribution >= 4 is 15.9 Å². The molecule has 0 aliphatic heterocycles. The van der Waals surface area contributed by atoms with Gasteiger partial charge in [0, 0.05) is 5.33 Å². The zero-order chi connectivity index (χ0) is 12.1. The molecule has 0 heterocycles. The minimum atomic E-state index is 0.536. The topological polar surface area (TPSA) is 9.23 Å². The Morgan fingerprint density at radius 3 is 2.44 bits per heavy atom. The van der Waals surface area contributed by atoms with Crippen molar-refractivity contribution in [1.82, 2.24) is 0 Å². The van der Waals surface area contributed by atoms with E-state index in [4.69, 9.17) is 4.74 Å². The fraction of sp³-hybridized carbons (Fsp3) is 0.571. The molecule has 1 nitrogen and oxygen atoms in total. The van der Waals surface area contributed by atoms with Crippen molar-refractivity contribution in [3.63, 3.8) is 0 Å². The first-order chi connectivity index (χ1) is 7.63. The standard InChI is InChI=1S/C14H21BrO/c1-5-11(9-15)13-8-12(10(2)3)6-7-14(13)16-4/h6-8,10-11H,5,9H2,1-4H3. The Balaban J connectivity index is 3.15. The summed E-state index contributed by atoms with van der Waals surface area (Å²) >= 11 is 3.58. The van der Waals surface area contributed by atoms with Crippen LogP contribution < -0.4 is 4.74 Å². The lowest BCUT2D eigenvalue weighted by molar-refractivity contribution is 0.406. The van der Waals surface area contributed by atoms with E-state index in [2.05, 4.69) is 54.9 Å². The second-order valence-electron chi connectivity index (χ2n) is 4.42. The van der Waals surface area contributed by atoms with Gasteiger partial charge >= 0.3 is 0 Å². The number of halogens is 1. The lowest BCUT2D eigenvalue weighted by Gasteiger charge is -2.18. The molecule has 90 valence electrons. The molecular weight excluding hydrogens is 264 g/mol. The highest BCUT2D eigenvalue weighted by Crippen LogP contribution is 2.32. The van der Waals surface area contributed by atoms with Crippen molar-refractivity contribution in [2.24, 2.45) is 0 Å². The van der Waals surface area contributed by atoms with Crippen LogP contribution in [0.1, 0.15) is 50.2 Å². The van der Waals surface area contributed by atoms with Gasteiger partial charge in [-0.1, -0.05) is 48.8 Å². The summed E-state index contributed by atoms with van der Waals surface area (Å²) < 4.78 is 5.44. The SMILES string of the molecule is CCC(CBr)c1cc(C(C)C)ccc1OC. The molecule has 0 spiro atoms. The van der Waals surface area contributed by atoms with E-state index in [0.717, 1.165) is 17.5 Å². The van der Waals surface area contributed by atoms with Crippen LogP contribution in [0.25, 0.3) is 0 Å². The van der Waals surface area contributed by atoms with Gasteiger partial charge in [0.15, 0.2) is 0 Å². The van der Waals surface area contributed by atoms with E-state index >= 15 is 0 Å². The van der Waals surface area contributed by atoms with Crippen LogP contribution in [-0.2, 0) is 0 Å². The monoisotopic (exact) mass is 284 g/mol. The third kappa shape index (κ3) is 3.00. The number of alkyl halides is 1. The zero-order valence-corrected chi connectivity index (χ0v) is 12.2. The number of hydrogen-bond acceptors (Lipinski definition) is 1. The Labute approximate surface area is 107 Å². The van der Waals surface area contributed by atoms with E-state index in [0.29, 0.717) is 11.8 Å². The largest absolute Gasteiger partial charge is 0.496 e. The molecule has 0 bridgehead atoms. The maximum atomic E-state index is 5.44. The van der Waals surface area contributed by atoms with Gasteiger partial charge in [-0.25, -0.2) is 0 Å². The Kier molecular flexibility index (Phi) is 5.33. The van der Waals surface area contributed by atoms with Crippen LogP contribution in [0.3, 0.4) is 0 Å². The van der Waals surface area contributed by atoms with Crippen LogP contribution in [0.5, 0.6) is 5.75 Å². The summed E-state index contributed by atoms with van der Waals surface area (Å²) in [5, 5.41) is 0.988. The van der Waals surface area contributed by atoms with Gasteiger partial charge in [0.05, 0.1) is 7.11 Å². The molecule has 1 unspecified atom stereocenters. The van der Waals surface area contributed by atoms with Crippen molar-refractivity contribution in [2.45, 2.75) is 39.0 Å². The van der Waals surface area contributed by atoms with Gasteiger partial charge in [-0.3, -0.25) is 0 Å². The van der Waals surface area contributed by atoms with Crippen LogP contribution in [0, 0.1) is 0 Å². The molecule has 0 saturated heterocycles. The highest BCUT2D eigenvalue weighted by molar-refractivity contribution is 9.09. The van der Waals surface area contributed by atoms with E-state index in [9.17, 15) is 0 Å². The molecule has 0 radical (unpaired) electrons. The quantitative estimate of drug-likeness (QED) is 0.712. The van der Waals surface area contributed by atoms with Crippen molar-refractivity contribution in [3.8, 4) is 5.75 Å². The third-order valence-corrected chi connectivity index (χ3v) is 3.82. The average Bonchev–Trinajstić information content (AvgIpc) is 2.30. The van der Waals surface area contributed by atoms with Gasteiger partial charge in [-0.05, 0) is 35.4 Å². The van der Waals surface area contributed by atoms with E-state index in [1.54, 1.807) is 7.11 Å². The number of benzene rings is 1. The Morgan fingerprint density at radius 2 is 2.00 bits per heavy atom. The fourth-order valence-corrected chi connectivity index (χ4v) is 2.65. The second-order valence-corrected chi connectivity index (χ2v) is 5.06. The average molecular weight is 285 g/mol. The van der Waals surface area contributed by atoms with E-state index in [-0.39, 0.29) is 0 Å². The van der Waals surface area contributed by atoms with Crippen molar-refractivity contribution < 1.29 is 4.74 Å². The summed E-state index contributed by atoms with van der Waals surface area (Å²) in [5.74, 6) is 2.11. The number of methoxy groups -OCH3 is 1. The van der Waals surface area contributed by atoms with Crippen LogP contribution in [0.2, 0.25) is 0 Å². The number of ether oxygens (including phenoxy) is 1. The predicted molar refractivity (Wildman–Crippen MR) is 73.9 cm³/mol. The Hall–Kier alpha value is -0.500. The maximum absolute atomic E-state index is 5.44. The zero-order valence-electron chi connectivity index (χ0n) is 10.6. The summed E-state index contributed by atoms with van der Waals surface area (Å²) in [7, 11) is 1.74. The molecule has 16 heavy (non-hydrogen) atoms. The smallest absolute Gasteiger partial charge is 0.122 e. The van der Waals surface area contributed by atoms with Gasteiger partial charge in [0.1, 0.15) is 5.75 Å². The van der Waals surface area contributed by atoms with Gasteiger partial charge in [0.2, 0.25) is 0 Å². The van der Waals surface area contributed by atoms with Gasteiger partial charge in [0.25, 0.3) is 0 Å². The van der Waals surface area contributed by atoms with E-state index < -0.39 is 0 Å². The molecule has 1 rings (SSSR count). The van der Waals surface area contributed by atoms with E-state index in [1.807, 2.05) is 0 Å². The predicted octanol–water partition coefficient (Wildman–Crippen LogP) is 4.71. The second kappa shape index (κ2) is 6.29. The summed E-state index contributed by atoms with van der Waals surface area (Å²) in [6.45, 7) is 6.66. The van der Waals surface area contributed by atoms with Crippen LogP contribution in [0.4, 0.5) is 0 Å². The molecule has 0 aliphatic carbocycles. The third-order valence-electron chi connectivity index (χ3n) is 3.04. The molecular formula is C14H21BrO. The van der Waals surface area contributed by atoms with Crippen LogP contribution >= 0.6 is 15.9 Å². The number of rotatable bonds is 5. The lowest BCUT2D eigenvalue weighted by atomic mass is 9.92. The van der Waals surface area contributed by atoms with E-state index in [1.165, 1.54) is 11.1 Å². The van der Waals surface area contributed by atoms with Crippen LogP contribution in [-0.4, -0.2) is 12.4 Å². The molecule has 0 aliphatic rings. The first-order valence-electron chi connectivity index (χ1n) is 5.87. The molecule has 0 aromatic heterocycles. The summed E-state index contributed by atoms with van der Waals surface area (Å²) in [6.07, 6.45) is 1.13. The number of hydrogen-bond donors (Lipinski definition) is 0. The molecule has 0 N–H and O–H groups in total. The minimum absolute atomic E-state index is 0.536. The molecule has 2 heteroatoms. The molecule has 0 saturated carbocycles. The maximum Gasteiger partial charge on any atom is 0.122 e.